The minimum Gasteiger partial charge on any atom is -0.480 e. The summed E-state index contributed by atoms with van der Waals surface area (Å²) < 4.78 is 0. The van der Waals surface area contributed by atoms with Crippen molar-refractivity contribution >= 4 is 23.2 Å². The molecule has 0 saturated carbocycles. The Hall–Kier alpha value is -1.40. The Bertz CT molecular complexity index is 415. The third-order valence-corrected chi connectivity index (χ3v) is 3.48. The molecule has 0 fully saturated rings. The van der Waals surface area contributed by atoms with Gasteiger partial charge in [-0.15, -0.1) is 11.3 Å². The molecule has 0 aliphatic carbocycles. The van der Waals surface area contributed by atoms with Crippen molar-refractivity contribution in [3.63, 3.8) is 0 Å². The van der Waals surface area contributed by atoms with E-state index in [2.05, 4.69) is 5.32 Å². The Morgan fingerprint density at radius 1 is 1.50 bits per heavy atom. The minimum atomic E-state index is -1.10. The summed E-state index contributed by atoms with van der Waals surface area (Å²) in [4.78, 5) is 25.4. The molecule has 18 heavy (non-hydrogen) atoms. The smallest absolute Gasteiger partial charge is 0.323 e. The highest BCUT2D eigenvalue weighted by atomic mass is 32.1. The first-order chi connectivity index (χ1) is 8.33. The zero-order valence-corrected chi connectivity index (χ0v) is 11.6. The van der Waals surface area contributed by atoms with Gasteiger partial charge in [0.05, 0.1) is 13.1 Å². The second-order valence-corrected chi connectivity index (χ2v) is 5.65. The van der Waals surface area contributed by atoms with Gasteiger partial charge in [-0.2, -0.15) is 0 Å². The molecule has 1 aromatic heterocycles. The summed E-state index contributed by atoms with van der Waals surface area (Å²) in [5, 5.41) is 13.6. The maximum atomic E-state index is 11.8. The lowest BCUT2D eigenvalue weighted by Gasteiger charge is -2.23. The van der Waals surface area contributed by atoms with Crippen LogP contribution in [-0.2, 0) is 16.1 Å². The molecule has 0 aliphatic rings. The summed E-state index contributed by atoms with van der Waals surface area (Å²) in [6, 6.07) is 3.90. The molecule has 0 atom stereocenters. The molecule has 0 radical (unpaired) electrons. The lowest BCUT2D eigenvalue weighted by Crippen LogP contribution is -2.50. The second-order valence-electron chi connectivity index (χ2n) is 4.61. The van der Waals surface area contributed by atoms with E-state index in [1.807, 2.05) is 17.5 Å². The van der Waals surface area contributed by atoms with Crippen molar-refractivity contribution in [3.05, 3.63) is 22.4 Å². The van der Waals surface area contributed by atoms with Crippen molar-refractivity contribution in [2.75, 3.05) is 13.6 Å². The predicted molar refractivity (Wildman–Crippen MR) is 70.5 cm³/mol. The lowest BCUT2D eigenvalue weighted by molar-refractivity contribution is -0.143. The summed E-state index contributed by atoms with van der Waals surface area (Å²) in [5.74, 6) is -1.10. The number of hydrogen-bond donors (Lipinski definition) is 2. The largest absolute Gasteiger partial charge is 0.480 e. The number of hydrogen-bond acceptors (Lipinski definition) is 4. The Kier molecular flexibility index (Phi) is 4.86. The van der Waals surface area contributed by atoms with Crippen molar-refractivity contribution in [1.82, 2.24) is 10.2 Å². The fraction of sp³-hybridized carbons (Fsp3) is 0.500. The highest BCUT2D eigenvalue weighted by molar-refractivity contribution is 7.09. The Labute approximate surface area is 110 Å². The zero-order chi connectivity index (χ0) is 13.8. The molecule has 1 heterocycles. The fourth-order valence-corrected chi connectivity index (χ4v) is 1.99. The maximum Gasteiger partial charge on any atom is 0.323 e. The highest BCUT2D eigenvalue weighted by Crippen LogP contribution is 2.10. The zero-order valence-electron chi connectivity index (χ0n) is 10.8. The van der Waals surface area contributed by atoms with Crippen LogP contribution in [0.15, 0.2) is 17.5 Å². The first-order valence-corrected chi connectivity index (χ1v) is 6.45. The quantitative estimate of drug-likeness (QED) is 0.814. The molecule has 0 spiro atoms. The van der Waals surface area contributed by atoms with Crippen molar-refractivity contribution in [2.24, 2.45) is 0 Å². The van der Waals surface area contributed by atoms with Crippen LogP contribution >= 0.6 is 11.3 Å². The van der Waals surface area contributed by atoms with E-state index >= 15 is 0 Å². The van der Waals surface area contributed by atoms with Crippen molar-refractivity contribution < 1.29 is 14.7 Å². The van der Waals surface area contributed by atoms with Crippen LogP contribution in [0.3, 0.4) is 0 Å². The van der Waals surface area contributed by atoms with Gasteiger partial charge in [-0.1, -0.05) is 6.07 Å². The average Bonchev–Trinajstić information content (AvgIpc) is 2.78. The van der Waals surface area contributed by atoms with Gasteiger partial charge in [-0.05, 0) is 25.3 Å². The van der Waals surface area contributed by atoms with E-state index in [-0.39, 0.29) is 12.5 Å². The van der Waals surface area contributed by atoms with E-state index in [9.17, 15) is 9.59 Å². The number of nitrogens with zero attached hydrogens (tertiary/aromatic N) is 1. The molecule has 1 aromatic rings. The summed E-state index contributed by atoms with van der Waals surface area (Å²) in [7, 11) is 1.71. The van der Waals surface area contributed by atoms with Crippen LogP contribution in [0.4, 0.5) is 0 Å². The number of amides is 1. The third-order valence-electron chi connectivity index (χ3n) is 2.62. The fourth-order valence-electron chi connectivity index (χ4n) is 1.23. The van der Waals surface area contributed by atoms with Crippen LogP contribution in [0.2, 0.25) is 0 Å². The minimum absolute atomic E-state index is 0.0151. The number of carbonyl (C=O) groups is 2. The molecule has 0 bridgehead atoms. The molecule has 1 rings (SSSR count). The van der Waals surface area contributed by atoms with E-state index < -0.39 is 11.5 Å². The van der Waals surface area contributed by atoms with Crippen LogP contribution in [0.5, 0.6) is 0 Å². The van der Waals surface area contributed by atoms with Crippen molar-refractivity contribution in [3.8, 4) is 0 Å². The molecule has 100 valence electrons. The monoisotopic (exact) mass is 270 g/mol. The normalized spacial score (nSPS) is 11.3. The number of rotatable bonds is 6. The molecular formula is C12H18N2O3S. The number of aliphatic carboxylic acids is 1. The molecular weight excluding hydrogens is 252 g/mol. The van der Waals surface area contributed by atoms with E-state index in [4.69, 9.17) is 5.11 Å². The van der Waals surface area contributed by atoms with Crippen LogP contribution in [0.25, 0.3) is 0 Å². The predicted octanol–water partition coefficient (Wildman–Crippen LogP) is 1.16. The summed E-state index contributed by atoms with van der Waals surface area (Å²) in [6.45, 7) is 3.62. The summed E-state index contributed by atoms with van der Waals surface area (Å²) in [5.41, 5.74) is -1.10. The Morgan fingerprint density at radius 3 is 2.67 bits per heavy atom. The van der Waals surface area contributed by atoms with Gasteiger partial charge in [0.15, 0.2) is 0 Å². The van der Waals surface area contributed by atoms with Crippen molar-refractivity contribution in [2.45, 2.75) is 25.9 Å². The number of carbonyl (C=O) groups excluding carboxylic acids is 1. The van der Waals surface area contributed by atoms with Gasteiger partial charge in [0.1, 0.15) is 5.54 Å². The molecule has 0 aliphatic heterocycles. The van der Waals surface area contributed by atoms with E-state index in [0.29, 0.717) is 6.54 Å². The molecule has 5 nitrogen and oxygen atoms in total. The molecule has 6 heteroatoms. The van der Waals surface area contributed by atoms with Gasteiger partial charge < -0.3 is 10.0 Å². The van der Waals surface area contributed by atoms with Gasteiger partial charge in [0.2, 0.25) is 5.91 Å². The van der Waals surface area contributed by atoms with E-state index in [1.54, 1.807) is 23.3 Å². The van der Waals surface area contributed by atoms with Crippen LogP contribution in [0, 0.1) is 0 Å². The number of carboxylic acid groups (broad SMARTS) is 1. The van der Waals surface area contributed by atoms with Gasteiger partial charge in [-0.3, -0.25) is 14.9 Å². The van der Waals surface area contributed by atoms with Crippen LogP contribution in [-0.4, -0.2) is 41.0 Å². The second kappa shape index (κ2) is 5.97. The standard InChI is InChI=1S/C12H18N2O3S/c1-12(2,11(16)17)13-7-10(15)14(3)8-9-5-4-6-18-9/h4-6,13H,7-8H2,1-3H3,(H,16,17). The SMILES string of the molecule is CN(Cc1cccs1)C(=O)CNC(C)(C)C(=O)O. The van der Waals surface area contributed by atoms with Crippen LogP contribution < -0.4 is 5.32 Å². The molecule has 0 aromatic carbocycles. The van der Waals surface area contributed by atoms with Crippen LogP contribution in [0.1, 0.15) is 18.7 Å². The number of nitrogens with one attached hydrogen (secondary N) is 1. The summed E-state index contributed by atoms with van der Waals surface area (Å²) >= 11 is 1.59. The number of likely N-dealkylation sites (N-methyl/N-ethyl adjacent to an activating group) is 1. The van der Waals surface area contributed by atoms with Gasteiger partial charge >= 0.3 is 5.97 Å². The first kappa shape index (κ1) is 14.7. The Balaban J connectivity index is 2.43. The molecule has 0 unspecified atom stereocenters. The topological polar surface area (TPSA) is 69.6 Å². The lowest BCUT2D eigenvalue weighted by atomic mass is 10.1. The van der Waals surface area contributed by atoms with E-state index in [1.165, 1.54) is 13.8 Å². The summed E-state index contributed by atoms with van der Waals surface area (Å²) in [6.07, 6.45) is 0. The maximum absolute atomic E-state index is 11.8. The molecule has 2 N–H and O–H groups in total. The molecule has 1 amide bonds. The van der Waals surface area contributed by atoms with Crippen molar-refractivity contribution in [1.29, 1.82) is 0 Å². The molecule has 0 saturated heterocycles. The Morgan fingerprint density at radius 2 is 2.17 bits per heavy atom. The average molecular weight is 270 g/mol. The van der Waals surface area contributed by atoms with Gasteiger partial charge in [0.25, 0.3) is 0 Å². The van der Waals surface area contributed by atoms with Gasteiger partial charge in [0, 0.05) is 11.9 Å². The third kappa shape index (κ3) is 4.12. The number of thiophene rings is 1. The van der Waals surface area contributed by atoms with Gasteiger partial charge in [-0.25, -0.2) is 0 Å². The highest BCUT2D eigenvalue weighted by Gasteiger charge is 2.27. The number of carboxylic acids is 1. The van der Waals surface area contributed by atoms with E-state index in [0.717, 1.165) is 4.88 Å². The first-order valence-electron chi connectivity index (χ1n) is 5.57.